The van der Waals surface area contributed by atoms with E-state index in [4.69, 9.17) is 22.1 Å². The Balaban J connectivity index is 2.12. The molecule has 2 rings (SSSR count). The SMILES string of the molecule is CCc1cccc(Oc2ccc(CC(N)CC)c(Cl)c2)c1. The van der Waals surface area contributed by atoms with E-state index < -0.39 is 0 Å². The van der Waals surface area contributed by atoms with E-state index in [0.29, 0.717) is 5.02 Å². The smallest absolute Gasteiger partial charge is 0.128 e. The third kappa shape index (κ3) is 4.48. The molecule has 0 heterocycles. The summed E-state index contributed by atoms with van der Waals surface area (Å²) in [5.74, 6) is 1.59. The summed E-state index contributed by atoms with van der Waals surface area (Å²) < 4.78 is 5.87. The molecular weight excluding hydrogens is 282 g/mol. The van der Waals surface area contributed by atoms with Crippen molar-refractivity contribution in [1.29, 1.82) is 0 Å². The molecular formula is C18H22ClNO. The average molecular weight is 304 g/mol. The number of hydrogen-bond donors (Lipinski definition) is 1. The summed E-state index contributed by atoms with van der Waals surface area (Å²) in [6.45, 7) is 4.21. The third-order valence-electron chi connectivity index (χ3n) is 3.57. The van der Waals surface area contributed by atoms with Gasteiger partial charge in [-0.05, 0) is 54.7 Å². The highest BCUT2D eigenvalue weighted by Gasteiger charge is 2.07. The molecule has 1 unspecified atom stereocenters. The molecule has 0 spiro atoms. The van der Waals surface area contributed by atoms with Crippen molar-refractivity contribution in [2.24, 2.45) is 5.73 Å². The molecule has 2 N–H and O–H groups in total. The minimum Gasteiger partial charge on any atom is -0.457 e. The van der Waals surface area contributed by atoms with Gasteiger partial charge in [-0.1, -0.05) is 43.6 Å². The first-order valence-electron chi connectivity index (χ1n) is 7.43. The van der Waals surface area contributed by atoms with Crippen LogP contribution < -0.4 is 10.5 Å². The Kier molecular flexibility index (Phi) is 5.66. The Bertz CT molecular complexity index is 598. The summed E-state index contributed by atoms with van der Waals surface area (Å²) in [7, 11) is 0. The van der Waals surface area contributed by atoms with Gasteiger partial charge in [-0.2, -0.15) is 0 Å². The first kappa shape index (κ1) is 15.9. The van der Waals surface area contributed by atoms with Gasteiger partial charge in [-0.25, -0.2) is 0 Å². The van der Waals surface area contributed by atoms with Crippen LogP contribution in [0.1, 0.15) is 31.4 Å². The van der Waals surface area contributed by atoms with Gasteiger partial charge in [0.1, 0.15) is 11.5 Å². The van der Waals surface area contributed by atoms with E-state index in [1.807, 2.05) is 30.3 Å². The summed E-state index contributed by atoms with van der Waals surface area (Å²) in [6, 6.07) is 14.1. The van der Waals surface area contributed by atoms with Crippen LogP contribution in [0.5, 0.6) is 11.5 Å². The van der Waals surface area contributed by atoms with Crippen LogP contribution in [-0.2, 0) is 12.8 Å². The minimum absolute atomic E-state index is 0.149. The molecule has 0 aliphatic heterocycles. The highest BCUT2D eigenvalue weighted by Crippen LogP contribution is 2.28. The van der Waals surface area contributed by atoms with Crippen LogP contribution in [0.25, 0.3) is 0 Å². The van der Waals surface area contributed by atoms with Crippen molar-refractivity contribution in [2.45, 2.75) is 39.2 Å². The number of aryl methyl sites for hydroxylation is 1. The normalized spacial score (nSPS) is 12.2. The fourth-order valence-electron chi connectivity index (χ4n) is 2.15. The lowest BCUT2D eigenvalue weighted by Gasteiger charge is -2.12. The van der Waals surface area contributed by atoms with Crippen molar-refractivity contribution >= 4 is 11.6 Å². The van der Waals surface area contributed by atoms with Crippen molar-refractivity contribution < 1.29 is 4.74 Å². The van der Waals surface area contributed by atoms with Crippen LogP contribution in [0.2, 0.25) is 5.02 Å². The van der Waals surface area contributed by atoms with Gasteiger partial charge in [0, 0.05) is 11.1 Å². The topological polar surface area (TPSA) is 35.2 Å². The van der Waals surface area contributed by atoms with E-state index >= 15 is 0 Å². The summed E-state index contributed by atoms with van der Waals surface area (Å²) >= 11 is 6.32. The van der Waals surface area contributed by atoms with Gasteiger partial charge in [0.2, 0.25) is 0 Å². The van der Waals surface area contributed by atoms with Crippen LogP contribution in [-0.4, -0.2) is 6.04 Å². The Morgan fingerprint density at radius 3 is 2.52 bits per heavy atom. The summed E-state index contributed by atoms with van der Waals surface area (Å²) in [5, 5.41) is 0.711. The Hall–Kier alpha value is -1.51. The van der Waals surface area contributed by atoms with E-state index in [1.165, 1.54) is 5.56 Å². The molecule has 0 saturated carbocycles. The van der Waals surface area contributed by atoms with E-state index in [0.717, 1.165) is 36.3 Å². The Labute approximate surface area is 131 Å². The molecule has 0 saturated heterocycles. The zero-order chi connectivity index (χ0) is 15.2. The summed E-state index contributed by atoms with van der Waals surface area (Å²) in [5.41, 5.74) is 8.30. The van der Waals surface area contributed by atoms with Gasteiger partial charge in [-0.15, -0.1) is 0 Å². The molecule has 3 heteroatoms. The number of ether oxygens (including phenoxy) is 1. The predicted molar refractivity (Wildman–Crippen MR) is 89.3 cm³/mol. The molecule has 0 fully saturated rings. The summed E-state index contributed by atoms with van der Waals surface area (Å²) in [6.07, 6.45) is 2.73. The van der Waals surface area contributed by atoms with Crippen molar-refractivity contribution in [3.63, 3.8) is 0 Å². The van der Waals surface area contributed by atoms with Gasteiger partial charge in [0.25, 0.3) is 0 Å². The first-order chi connectivity index (χ1) is 10.1. The van der Waals surface area contributed by atoms with E-state index in [9.17, 15) is 0 Å². The molecule has 0 aliphatic carbocycles. The lowest BCUT2D eigenvalue weighted by molar-refractivity contribution is 0.481. The van der Waals surface area contributed by atoms with Crippen LogP contribution in [0.3, 0.4) is 0 Å². The molecule has 21 heavy (non-hydrogen) atoms. The zero-order valence-corrected chi connectivity index (χ0v) is 13.4. The largest absolute Gasteiger partial charge is 0.457 e. The second-order valence-corrected chi connectivity index (χ2v) is 5.64. The van der Waals surface area contributed by atoms with Crippen molar-refractivity contribution in [3.05, 3.63) is 58.6 Å². The zero-order valence-electron chi connectivity index (χ0n) is 12.6. The van der Waals surface area contributed by atoms with Crippen LogP contribution in [0, 0.1) is 0 Å². The van der Waals surface area contributed by atoms with Crippen molar-refractivity contribution in [1.82, 2.24) is 0 Å². The first-order valence-corrected chi connectivity index (χ1v) is 7.81. The van der Waals surface area contributed by atoms with E-state index in [1.54, 1.807) is 0 Å². The Morgan fingerprint density at radius 1 is 1.10 bits per heavy atom. The van der Waals surface area contributed by atoms with Crippen molar-refractivity contribution in [2.75, 3.05) is 0 Å². The van der Waals surface area contributed by atoms with Gasteiger partial charge >= 0.3 is 0 Å². The summed E-state index contributed by atoms with van der Waals surface area (Å²) in [4.78, 5) is 0. The van der Waals surface area contributed by atoms with Crippen LogP contribution in [0.4, 0.5) is 0 Å². The highest BCUT2D eigenvalue weighted by molar-refractivity contribution is 6.31. The molecule has 0 bridgehead atoms. The van der Waals surface area contributed by atoms with Gasteiger partial charge in [-0.3, -0.25) is 0 Å². The number of halogens is 1. The lowest BCUT2D eigenvalue weighted by atomic mass is 10.0. The molecule has 0 aliphatic rings. The second kappa shape index (κ2) is 7.48. The van der Waals surface area contributed by atoms with E-state index in [2.05, 4.69) is 26.0 Å². The minimum atomic E-state index is 0.149. The van der Waals surface area contributed by atoms with Gasteiger partial charge < -0.3 is 10.5 Å². The molecule has 2 aromatic rings. The standard InChI is InChI=1S/C18H22ClNO/c1-3-13-6-5-7-16(10-13)21-17-9-8-14(18(19)12-17)11-15(20)4-2/h5-10,12,15H,3-4,11,20H2,1-2H3. The highest BCUT2D eigenvalue weighted by atomic mass is 35.5. The van der Waals surface area contributed by atoms with Crippen LogP contribution in [0.15, 0.2) is 42.5 Å². The molecule has 2 aromatic carbocycles. The molecule has 0 radical (unpaired) electrons. The molecule has 1 atom stereocenters. The predicted octanol–water partition coefficient (Wildman–Crippen LogP) is 4.97. The maximum absolute atomic E-state index is 6.32. The number of benzene rings is 2. The third-order valence-corrected chi connectivity index (χ3v) is 3.93. The molecule has 0 aromatic heterocycles. The maximum atomic E-state index is 6.32. The average Bonchev–Trinajstić information content (AvgIpc) is 2.50. The number of hydrogen-bond acceptors (Lipinski definition) is 2. The molecule has 112 valence electrons. The Morgan fingerprint density at radius 2 is 1.86 bits per heavy atom. The number of rotatable bonds is 6. The fraction of sp³-hybridized carbons (Fsp3) is 0.333. The lowest BCUT2D eigenvalue weighted by Crippen LogP contribution is -2.21. The fourth-order valence-corrected chi connectivity index (χ4v) is 2.40. The number of nitrogens with two attached hydrogens (primary N) is 1. The van der Waals surface area contributed by atoms with E-state index in [-0.39, 0.29) is 6.04 Å². The monoisotopic (exact) mass is 303 g/mol. The second-order valence-electron chi connectivity index (χ2n) is 5.23. The van der Waals surface area contributed by atoms with Gasteiger partial charge in [0.15, 0.2) is 0 Å². The van der Waals surface area contributed by atoms with Crippen molar-refractivity contribution in [3.8, 4) is 11.5 Å². The maximum Gasteiger partial charge on any atom is 0.128 e. The quantitative estimate of drug-likeness (QED) is 0.817. The molecule has 2 nitrogen and oxygen atoms in total. The van der Waals surface area contributed by atoms with Crippen LogP contribution >= 0.6 is 11.6 Å². The molecule has 0 amide bonds. The van der Waals surface area contributed by atoms with Gasteiger partial charge in [0.05, 0.1) is 0 Å².